The minimum absolute atomic E-state index is 0.264. The Morgan fingerprint density at radius 2 is 1.75 bits per heavy atom. The van der Waals surface area contributed by atoms with Gasteiger partial charge in [0.25, 0.3) is 0 Å². The average Bonchev–Trinajstić information content (AvgIpc) is 2.64. The molecule has 0 unspecified atom stereocenters. The molecule has 0 aliphatic rings. The first-order valence-corrected chi connectivity index (χ1v) is 7.53. The second-order valence-corrected chi connectivity index (χ2v) is 5.24. The van der Waals surface area contributed by atoms with Crippen molar-refractivity contribution in [3.63, 3.8) is 0 Å². The SMILES string of the molecule is COc1ccc(C(=O)[C@H](C)C=O)c(OCc2ccccc2)c1OC. The fourth-order valence-electron chi connectivity index (χ4n) is 2.27. The minimum Gasteiger partial charge on any atom is -0.493 e. The van der Waals surface area contributed by atoms with Crippen molar-refractivity contribution in [2.45, 2.75) is 13.5 Å². The molecular weight excluding hydrogens is 308 g/mol. The quantitative estimate of drug-likeness (QED) is 0.423. The molecule has 2 aromatic carbocycles. The topological polar surface area (TPSA) is 61.8 Å². The van der Waals surface area contributed by atoms with Gasteiger partial charge in [0.15, 0.2) is 17.3 Å². The Morgan fingerprint density at radius 1 is 1.04 bits per heavy atom. The number of hydrogen-bond acceptors (Lipinski definition) is 5. The summed E-state index contributed by atoms with van der Waals surface area (Å²) in [5, 5.41) is 0. The van der Waals surface area contributed by atoms with Gasteiger partial charge in [0.1, 0.15) is 12.9 Å². The number of ketones is 1. The highest BCUT2D eigenvalue weighted by Gasteiger charge is 2.24. The fourth-order valence-corrected chi connectivity index (χ4v) is 2.27. The van der Waals surface area contributed by atoms with Crippen molar-refractivity contribution in [2.24, 2.45) is 5.92 Å². The van der Waals surface area contributed by atoms with E-state index in [2.05, 4.69) is 0 Å². The third-order valence-electron chi connectivity index (χ3n) is 3.61. The van der Waals surface area contributed by atoms with Crippen LogP contribution < -0.4 is 14.2 Å². The third-order valence-corrected chi connectivity index (χ3v) is 3.61. The molecule has 0 saturated carbocycles. The maximum atomic E-state index is 12.5. The Hall–Kier alpha value is -2.82. The fraction of sp³-hybridized carbons (Fsp3) is 0.263. The molecule has 5 heteroatoms. The number of carbonyl (C=O) groups excluding carboxylic acids is 2. The van der Waals surface area contributed by atoms with Gasteiger partial charge in [-0.2, -0.15) is 0 Å². The molecule has 0 aliphatic heterocycles. The summed E-state index contributed by atoms with van der Waals surface area (Å²) in [6.07, 6.45) is 0.611. The van der Waals surface area contributed by atoms with E-state index < -0.39 is 5.92 Å². The molecule has 0 radical (unpaired) electrons. The summed E-state index contributed by atoms with van der Waals surface area (Å²) in [5.74, 6) is -0.0242. The molecule has 0 aromatic heterocycles. The Morgan fingerprint density at radius 3 is 2.33 bits per heavy atom. The lowest BCUT2D eigenvalue weighted by molar-refractivity contribution is -0.109. The molecule has 0 heterocycles. The Labute approximate surface area is 141 Å². The van der Waals surface area contributed by atoms with Gasteiger partial charge in [0.2, 0.25) is 5.75 Å². The maximum Gasteiger partial charge on any atom is 0.204 e. The van der Waals surface area contributed by atoms with Crippen LogP contribution in [0.15, 0.2) is 42.5 Å². The Kier molecular flexibility index (Phi) is 5.95. The van der Waals surface area contributed by atoms with E-state index in [1.165, 1.54) is 14.2 Å². The van der Waals surface area contributed by atoms with Gasteiger partial charge in [-0.25, -0.2) is 0 Å². The first kappa shape index (κ1) is 17.5. The Bertz CT molecular complexity index is 709. The minimum atomic E-state index is -0.762. The van der Waals surface area contributed by atoms with E-state index in [9.17, 15) is 9.59 Å². The van der Waals surface area contributed by atoms with Crippen LogP contribution in [0.3, 0.4) is 0 Å². The standard InChI is InChI=1S/C19H20O5/c1-13(11-20)17(21)15-9-10-16(22-2)19(23-3)18(15)24-12-14-7-5-4-6-8-14/h4-11,13H,12H2,1-3H3/t13-/m1/s1. The van der Waals surface area contributed by atoms with Gasteiger partial charge in [-0.05, 0) is 24.6 Å². The molecule has 0 amide bonds. The van der Waals surface area contributed by atoms with Crippen molar-refractivity contribution in [3.8, 4) is 17.2 Å². The van der Waals surface area contributed by atoms with Crippen LogP contribution in [0.4, 0.5) is 0 Å². The van der Waals surface area contributed by atoms with Crippen molar-refractivity contribution >= 4 is 12.1 Å². The number of rotatable bonds is 8. The highest BCUT2D eigenvalue weighted by molar-refractivity contribution is 6.07. The summed E-state index contributed by atoms with van der Waals surface area (Å²) < 4.78 is 16.5. The van der Waals surface area contributed by atoms with Crippen LogP contribution in [-0.2, 0) is 11.4 Å². The zero-order valence-corrected chi connectivity index (χ0v) is 13.9. The lowest BCUT2D eigenvalue weighted by Gasteiger charge is -2.17. The molecule has 0 bridgehead atoms. The molecule has 2 aromatic rings. The predicted octanol–water partition coefficient (Wildman–Crippen LogP) is 3.30. The number of Topliss-reactive ketones (excluding diaryl/α,β-unsaturated/α-hetero) is 1. The summed E-state index contributed by atoms with van der Waals surface area (Å²) in [6, 6.07) is 12.8. The van der Waals surface area contributed by atoms with Gasteiger partial charge in [-0.1, -0.05) is 30.3 Å². The summed E-state index contributed by atoms with van der Waals surface area (Å²) in [5.41, 5.74) is 1.24. The van der Waals surface area contributed by atoms with Gasteiger partial charge in [-0.15, -0.1) is 0 Å². The monoisotopic (exact) mass is 328 g/mol. The van der Waals surface area contributed by atoms with Crippen LogP contribution in [0.1, 0.15) is 22.8 Å². The van der Waals surface area contributed by atoms with Crippen LogP contribution >= 0.6 is 0 Å². The van der Waals surface area contributed by atoms with Crippen LogP contribution in [0.5, 0.6) is 17.2 Å². The number of carbonyl (C=O) groups is 2. The molecule has 24 heavy (non-hydrogen) atoms. The normalized spacial score (nSPS) is 11.5. The second-order valence-electron chi connectivity index (χ2n) is 5.24. The van der Waals surface area contributed by atoms with Crippen LogP contribution in [0, 0.1) is 5.92 Å². The van der Waals surface area contributed by atoms with Gasteiger partial charge in [-0.3, -0.25) is 4.79 Å². The van der Waals surface area contributed by atoms with E-state index in [4.69, 9.17) is 14.2 Å². The van der Waals surface area contributed by atoms with Crippen molar-refractivity contribution < 1.29 is 23.8 Å². The van der Waals surface area contributed by atoms with Crippen LogP contribution in [0.2, 0.25) is 0 Å². The predicted molar refractivity (Wildman–Crippen MR) is 89.9 cm³/mol. The van der Waals surface area contributed by atoms with Gasteiger partial charge >= 0.3 is 0 Å². The van der Waals surface area contributed by atoms with Crippen LogP contribution in [0.25, 0.3) is 0 Å². The summed E-state index contributed by atoms with van der Waals surface area (Å²) >= 11 is 0. The summed E-state index contributed by atoms with van der Waals surface area (Å²) in [6.45, 7) is 1.81. The van der Waals surface area contributed by atoms with Gasteiger partial charge in [0, 0.05) is 0 Å². The molecule has 0 spiro atoms. The first-order chi connectivity index (χ1) is 11.6. The van der Waals surface area contributed by atoms with Crippen molar-refractivity contribution in [1.82, 2.24) is 0 Å². The van der Waals surface area contributed by atoms with E-state index in [0.29, 0.717) is 23.3 Å². The lowest BCUT2D eigenvalue weighted by atomic mass is 9.99. The van der Waals surface area contributed by atoms with E-state index in [-0.39, 0.29) is 18.1 Å². The molecule has 0 fully saturated rings. The van der Waals surface area contributed by atoms with Gasteiger partial charge < -0.3 is 19.0 Å². The van der Waals surface area contributed by atoms with Crippen LogP contribution in [-0.4, -0.2) is 26.3 Å². The number of aldehydes is 1. The maximum absolute atomic E-state index is 12.5. The number of methoxy groups -OCH3 is 2. The van der Waals surface area contributed by atoms with Crippen molar-refractivity contribution in [2.75, 3.05) is 14.2 Å². The largest absolute Gasteiger partial charge is 0.493 e. The van der Waals surface area contributed by atoms with Gasteiger partial charge in [0.05, 0.1) is 25.7 Å². The Balaban J connectivity index is 2.43. The number of benzene rings is 2. The average molecular weight is 328 g/mol. The van der Waals surface area contributed by atoms with Crippen molar-refractivity contribution in [1.29, 1.82) is 0 Å². The zero-order chi connectivity index (χ0) is 17.5. The van der Waals surface area contributed by atoms with Crippen molar-refractivity contribution in [3.05, 3.63) is 53.6 Å². The van der Waals surface area contributed by atoms with E-state index >= 15 is 0 Å². The molecule has 0 aliphatic carbocycles. The number of hydrogen-bond donors (Lipinski definition) is 0. The molecule has 1 atom stereocenters. The highest BCUT2D eigenvalue weighted by atomic mass is 16.5. The molecular formula is C19H20O5. The molecule has 2 rings (SSSR count). The third kappa shape index (κ3) is 3.74. The molecule has 0 N–H and O–H groups in total. The molecule has 126 valence electrons. The first-order valence-electron chi connectivity index (χ1n) is 7.53. The lowest BCUT2D eigenvalue weighted by Crippen LogP contribution is -2.15. The van der Waals surface area contributed by atoms with E-state index in [1.54, 1.807) is 19.1 Å². The zero-order valence-electron chi connectivity index (χ0n) is 13.9. The molecule has 0 saturated heterocycles. The number of ether oxygens (including phenoxy) is 3. The summed E-state index contributed by atoms with van der Waals surface area (Å²) in [7, 11) is 2.99. The smallest absolute Gasteiger partial charge is 0.204 e. The van der Waals surface area contributed by atoms with E-state index in [0.717, 1.165) is 5.56 Å². The molecule has 5 nitrogen and oxygen atoms in total. The summed E-state index contributed by atoms with van der Waals surface area (Å²) in [4.78, 5) is 23.4. The van der Waals surface area contributed by atoms with E-state index in [1.807, 2.05) is 30.3 Å². The second kappa shape index (κ2) is 8.15. The highest BCUT2D eigenvalue weighted by Crippen LogP contribution is 2.41.